The fraction of sp³-hybridized carbons (Fsp3) is 0.588. The van der Waals surface area contributed by atoms with Gasteiger partial charge in [-0.2, -0.15) is 0 Å². The summed E-state index contributed by atoms with van der Waals surface area (Å²) in [5.41, 5.74) is 1.47. The second-order valence-electron chi connectivity index (χ2n) is 6.77. The molecule has 4 heteroatoms. The standard InChI is InChI=1S/C17H23ClN2S/c1-12(2)10-17(8-3-4-9-17)11-19-16-20-14-7-5-6-13(18)15(14)21-16/h5-7,12H,3-4,8-11H2,1-2H3,(H,19,20). The van der Waals surface area contributed by atoms with Crippen molar-refractivity contribution in [1.29, 1.82) is 0 Å². The van der Waals surface area contributed by atoms with Crippen molar-refractivity contribution < 1.29 is 0 Å². The summed E-state index contributed by atoms with van der Waals surface area (Å²) in [5, 5.41) is 5.41. The number of nitrogens with one attached hydrogen (secondary N) is 1. The monoisotopic (exact) mass is 322 g/mol. The van der Waals surface area contributed by atoms with Gasteiger partial charge in [-0.05, 0) is 42.7 Å². The number of halogens is 1. The Morgan fingerprint density at radius 1 is 1.33 bits per heavy atom. The highest BCUT2D eigenvalue weighted by atomic mass is 35.5. The van der Waals surface area contributed by atoms with Gasteiger partial charge < -0.3 is 5.32 Å². The summed E-state index contributed by atoms with van der Waals surface area (Å²) in [6, 6.07) is 5.93. The van der Waals surface area contributed by atoms with Gasteiger partial charge in [0.15, 0.2) is 5.13 Å². The number of fused-ring (bicyclic) bond motifs is 1. The number of benzene rings is 1. The molecule has 0 saturated heterocycles. The first-order valence-corrected chi connectivity index (χ1v) is 9.06. The molecule has 2 nitrogen and oxygen atoms in total. The van der Waals surface area contributed by atoms with Crippen LogP contribution >= 0.6 is 22.9 Å². The molecular formula is C17H23ClN2S. The number of hydrogen-bond donors (Lipinski definition) is 1. The van der Waals surface area contributed by atoms with Crippen LogP contribution in [0.15, 0.2) is 18.2 Å². The van der Waals surface area contributed by atoms with Crippen molar-refractivity contribution in [3.05, 3.63) is 23.2 Å². The molecule has 0 bridgehead atoms. The van der Waals surface area contributed by atoms with E-state index < -0.39 is 0 Å². The Labute approximate surface area is 135 Å². The van der Waals surface area contributed by atoms with Gasteiger partial charge in [0, 0.05) is 6.54 Å². The first kappa shape index (κ1) is 15.1. The largest absolute Gasteiger partial charge is 0.361 e. The molecule has 1 saturated carbocycles. The van der Waals surface area contributed by atoms with Crippen molar-refractivity contribution in [2.24, 2.45) is 11.3 Å². The number of nitrogens with zero attached hydrogens (tertiary/aromatic N) is 1. The fourth-order valence-corrected chi connectivity index (χ4v) is 4.85. The molecule has 2 aromatic rings. The van der Waals surface area contributed by atoms with Crippen molar-refractivity contribution >= 4 is 38.3 Å². The summed E-state index contributed by atoms with van der Waals surface area (Å²) in [5.74, 6) is 0.759. The van der Waals surface area contributed by atoms with E-state index in [1.165, 1.54) is 32.1 Å². The first-order chi connectivity index (χ1) is 10.1. The molecule has 1 aromatic heterocycles. The van der Waals surface area contributed by atoms with Crippen molar-refractivity contribution in [1.82, 2.24) is 4.98 Å². The summed E-state index contributed by atoms with van der Waals surface area (Å²) in [7, 11) is 0. The smallest absolute Gasteiger partial charge is 0.183 e. The van der Waals surface area contributed by atoms with E-state index in [4.69, 9.17) is 11.6 Å². The SMILES string of the molecule is CC(C)CC1(CNc2nc3cccc(Cl)c3s2)CCCC1. The Morgan fingerprint density at radius 3 is 2.76 bits per heavy atom. The average Bonchev–Trinajstić information content (AvgIpc) is 3.03. The first-order valence-electron chi connectivity index (χ1n) is 7.87. The summed E-state index contributed by atoms with van der Waals surface area (Å²) in [4.78, 5) is 4.67. The Hall–Kier alpha value is -0.800. The van der Waals surface area contributed by atoms with Crippen LogP contribution in [0, 0.1) is 11.3 Å². The molecule has 114 valence electrons. The molecule has 1 aliphatic carbocycles. The van der Waals surface area contributed by atoms with E-state index in [1.54, 1.807) is 11.3 Å². The number of hydrogen-bond acceptors (Lipinski definition) is 3. The molecule has 0 atom stereocenters. The van der Waals surface area contributed by atoms with E-state index in [1.807, 2.05) is 18.2 Å². The van der Waals surface area contributed by atoms with Crippen LogP contribution in [0.2, 0.25) is 5.02 Å². The van der Waals surface area contributed by atoms with Crippen LogP contribution in [0.3, 0.4) is 0 Å². The van der Waals surface area contributed by atoms with Crippen molar-refractivity contribution in [3.63, 3.8) is 0 Å². The normalized spacial score (nSPS) is 17.7. The lowest BCUT2D eigenvalue weighted by molar-refractivity contribution is 0.252. The van der Waals surface area contributed by atoms with Crippen LogP contribution in [0.25, 0.3) is 10.2 Å². The van der Waals surface area contributed by atoms with Gasteiger partial charge in [0.2, 0.25) is 0 Å². The minimum Gasteiger partial charge on any atom is -0.361 e. The highest BCUT2D eigenvalue weighted by Crippen LogP contribution is 2.43. The molecule has 0 amide bonds. The minimum absolute atomic E-state index is 0.468. The van der Waals surface area contributed by atoms with Gasteiger partial charge in [0.05, 0.1) is 15.2 Å². The number of thiazole rings is 1. The molecule has 1 fully saturated rings. The second kappa shape index (κ2) is 6.13. The highest BCUT2D eigenvalue weighted by Gasteiger charge is 2.34. The maximum Gasteiger partial charge on any atom is 0.183 e. The highest BCUT2D eigenvalue weighted by molar-refractivity contribution is 7.22. The molecule has 1 heterocycles. The molecular weight excluding hydrogens is 300 g/mol. The molecule has 1 aliphatic rings. The van der Waals surface area contributed by atoms with Crippen LogP contribution < -0.4 is 5.32 Å². The van der Waals surface area contributed by atoms with Gasteiger partial charge >= 0.3 is 0 Å². The summed E-state index contributed by atoms with van der Waals surface area (Å²) < 4.78 is 1.09. The minimum atomic E-state index is 0.468. The number of aromatic nitrogens is 1. The molecule has 21 heavy (non-hydrogen) atoms. The van der Waals surface area contributed by atoms with Crippen LogP contribution in [0.1, 0.15) is 46.0 Å². The van der Waals surface area contributed by atoms with Gasteiger partial charge in [-0.15, -0.1) is 0 Å². The second-order valence-corrected chi connectivity index (χ2v) is 8.17. The lowest BCUT2D eigenvalue weighted by Crippen LogP contribution is -2.28. The van der Waals surface area contributed by atoms with Crippen LogP contribution in [0.4, 0.5) is 5.13 Å². The summed E-state index contributed by atoms with van der Waals surface area (Å²) >= 11 is 7.91. The molecule has 0 spiro atoms. The maximum atomic E-state index is 6.24. The fourth-order valence-electron chi connectivity index (χ4n) is 3.70. The van der Waals surface area contributed by atoms with Gasteiger partial charge in [-0.1, -0.05) is 55.7 Å². The van der Waals surface area contributed by atoms with Gasteiger partial charge in [-0.3, -0.25) is 0 Å². The summed E-state index contributed by atoms with van der Waals surface area (Å²) in [6.07, 6.45) is 6.76. The van der Waals surface area contributed by atoms with Gasteiger partial charge in [-0.25, -0.2) is 4.98 Å². The van der Waals surface area contributed by atoms with Crippen molar-refractivity contribution in [3.8, 4) is 0 Å². The molecule has 0 aliphatic heterocycles. The average molecular weight is 323 g/mol. The number of rotatable bonds is 5. The molecule has 1 aromatic carbocycles. The quantitative estimate of drug-likeness (QED) is 0.733. The Balaban J connectivity index is 1.74. The summed E-state index contributed by atoms with van der Waals surface area (Å²) in [6.45, 7) is 5.71. The predicted octanol–water partition coefficient (Wildman–Crippen LogP) is 5.97. The zero-order chi connectivity index (χ0) is 14.9. The van der Waals surface area contributed by atoms with Crippen LogP contribution in [-0.2, 0) is 0 Å². The Morgan fingerprint density at radius 2 is 2.10 bits per heavy atom. The lowest BCUT2D eigenvalue weighted by Gasteiger charge is -2.31. The van der Waals surface area contributed by atoms with Gasteiger partial charge in [0.1, 0.15) is 0 Å². The predicted molar refractivity (Wildman–Crippen MR) is 93.5 cm³/mol. The van der Waals surface area contributed by atoms with E-state index >= 15 is 0 Å². The maximum absolute atomic E-state index is 6.24. The van der Waals surface area contributed by atoms with E-state index in [0.29, 0.717) is 5.41 Å². The third-order valence-corrected chi connectivity index (χ3v) is 5.98. The van der Waals surface area contributed by atoms with E-state index in [9.17, 15) is 0 Å². The Kier molecular flexibility index (Phi) is 4.41. The van der Waals surface area contributed by atoms with E-state index in [-0.39, 0.29) is 0 Å². The zero-order valence-electron chi connectivity index (χ0n) is 12.8. The molecule has 3 rings (SSSR count). The zero-order valence-corrected chi connectivity index (χ0v) is 14.4. The van der Waals surface area contributed by atoms with Crippen LogP contribution in [-0.4, -0.2) is 11.5 Å². The Bertz CT molecular complexity index is 614. The third-order valence-electron chi connectivity index (χ3n) is 4.49. The van der Waals surface area contributed by atoms with Crippen molar-refractivity contribution in [2.45, 2.75) is 46.0 Å². The third kappa shape index (κ3) is 3.35. The lowest BCUT2D eigenvalue weighted by atomic mass is 9.78. The van der Waals surface area contributed by atoms with E-state index in [0.717, 1.165) is 32.8 Å². The topological polar surface area (TPSA) is 24.9 Å². The van der Waals surface area contributed by atoms with E-state index in [2.05, 4.69) is 24.1 Å². The van der Waals surface area contributed by atoms with Crippen molar-refractivity contribution in [2.75, 3.05) is 11.9 Å². The molecule has 0 radical (unpaired) electrons. The molecule has 0 unspecified atom stereocenters. The van der Waals surface area contributed by atoms with Crippen LogP contribution in [0.5, 0.6) is 0 Å². The number of anilines is 1. The molecule has 1 N–H and O–H groups in total. The van der Waals surface area contributed by atoms with Gasteiger partial charge in [0.25, 0.3) is 0 Å².